The average Bonchev–Trinajstić information content (AvgIpc) is 3.35. The molecular weight excluding hydrogens is 276 g/mol. The van der Waals surface area contributed by atoms with Gasteiger partial charge in [-0.15, -0.1) is 0 Å². The fourth-order valence-electron chi connectivity index (χ4n) is 2.12. The normalized spacial score (nSPS) is 27.4. The number of carbonyl (C=O) groups is 2. The highest BCUT2D eigenvalue weighted by Gasteiger charge is 2.38. The Labute approximate surface area is 125 Å². The molecule has 0 spiro atoms. The van der Waals surface area contributed by atoms with E-state index in [-0.39, 0.29) is 30.1 Å². The molecule has 0 aromatic carbocycles. The van der Waals surface area contributed by atoms with Crippen molar-refractivity contribution in [3.05, 3.63) is 0 Å². The first-order valence-electron chi connectivity index (χ1n) is 7.51. The zero-order chi connectivity index (χ0) is 15.5. The van der Waals surface area contributed by atoms with E-state index in [2.05, 4.69) is 0 Å². The van der Waals surface area contributed by atoms with Crippen LogP contribution in [-0.4, -0.2) is 50.6 Å². The van der Waals surface area contributed by atoms with Crippen LogP contribution in [0.3, 0.4) is 0 Å². The van der Waals surface area contributed by atoms with Gasteiger partial charge < -0.3 is 18.9 Å². The quantitative estimate of drug-likeness (QED) is 0.472. The summed E-state index contributed by atoms with van der Waals surface area (Å²) < 4.78 is 20.5. The number of rotatable bonds is 9. The highest BCUT2D eigenvalue weighted by molar-refractivity contribution is 5.78. The summed E-state index contributed by atoms with van der Waals surface area (Å²) in [6, 6.07) is 0. The summed E-state index contributed by atoms with van der Waals surface area (Å²) in [5.74, 6) is -0.910. The molecule has 2 aliphatic rings. The molecule has 4 unspecified atom stereocenters. The van der Waals surface area contributed by atoms with E-state index in [4.69, 9.17) is 18.9 Å². The first kappa shape index (κ1) is 16.2. The third-order valence-electron chi connectivity index (χ3n) is 4.05. The van der Waals surface area contributed by atoms with Crippen LogP contribution in [0.1, 0.15) is 33.6 Å². The molecule has 2 heterocycles. The van der Waals surface area contributed by atoms with Crippen LogP contribution in [0, 0.1) is 11.3 Å². The summed E-state index contributed by atoms with van der Waals surface area (Å²) in [5.41, 5.74) is -0.677. The fraction of sp³-hybridized carbons (Fsp3) is 0.867. The first-order valence-corrected chi connectivity index (χ1v) is 7.51. The summed E-state index contributed by atoms with van der Waals surface area (Å²) in [4.78, 5) is 24.1. The van der Waals surface area contributed by atoms with Crippen LogP contribution in [0.15, 0.2) is 0 Å². The number of hydrogen-bond acceptors (Lipinski definition) is 6. The summed E-state index contributed by atoms with van der Waals surface area (Å²) >= 11 is 0. The molecule has 6 nitrogen and oxygen atoms in total. The van der Waals surface area contributed by atoms with E-state index in [1.807, 2.05) is 13.8 Å². The molecule has 120 valence electrons. The summed E-state index contributed by atoms with van der Waals surface area (Å²) in [6.45, 7) is 7.44. The van der Waals surface area contributed by atoms with Crippen molar-refractivity contribution in [1.29, 1.82) is 0 Å². The Bertz CT molecular complexity index is 388. The lowest BCUT2D eigenvalue weighted by Crippen LogP contribution is -2.34. The second kappa shape index (κ2) is 6.75. The van der Waals surface area contributed by atoms with E-state index in [1.54, 1.807) is 6.92 Å². The van der Waals surface area contributed by atoms with Gasteiger partial charge in [-0.05, 0) is 19.8 Å². The highest BCUT2D eigenvalue weighted by atomic mass is 16.6. The van der Waals surface area contributed by atoms with Crippen molar-refractivity contribution in [2.75, 3.05) is 26.4 Å². The number of esters is 2. The van der Waals surface area contributed by atoms with Crippen molar-refractivity contribution in [2.24, 2.45) is 11.3 Å². The second-order valence-corrected chi connectivity index (χ2v) is 6.16. The molecule has 2 rings (SSSR count). The minimum Gasteiger partial charge on any atom is -0.463 e. The maximum atomic E-state index is 12.2. The van der Waals surface area contributed by atoms with E-state index in [0.29, 0.717) is 39.3 Å². The van der Waals surface area contributed by atoms with Crippen molar-refractivity contribution in [3.8, 4) is 0 Å². The Balaban J connectivity index is 1.79. The number of hydrogen-bond donors (Lipinski definition) is 0. The van der Waals surface area contributed by atoms with Gasteiger partial charge in [0.05, 0.1) is 24.5 Å². The number of carbonyl (C=O) groups excluding carboxylic acids is 2. The summed E-state index contributed by atoms with van der Waals surface area (Å²) in [6.07, 6.45) is 1.14. The molecule has 0 saturated carbocycles. The van der Waals surface area contributed by atoms with Crippen LogP contribution >= 0.6 is 0 Å². The zero-order valence-electron chi connectivity index (χ0n) is 12.9. The largest absolute Gasteiger partial charge is 0.463 e. The van der Waals surface area contributed by atoms with Gasteiger partial charge in [0.1, 0.15) is 25.4 Å². The van der Waals surface area contributed by atoms with Gasteiger partial charge in [0.2, 0.25) is 0 Å². The van der Waals surface area contributed by atoms with Crippen LogP contribution in [0.4, 0.5) is 0 Å². The molecule has 2 aliphatic heterocycles. The topological polar surface area (TPSA) is 77.7 Å². The Morgan fingerprint density at radius 3 is 2.19 bits per heavy atom. The van der Waals surface area contributed by atoms with E-state index < -0.39 is 5.41 Å². The van der Waals surface area contributed by atoms with Crippen molar-refractivity contribution in [2.45, 2.75) is 45.8 Å². The fourth-order valence-corrected chi connectivity index (χ4v) is 2.12. The van der Waals surface area contributed by atoms with E-state index >= 15 is 0 Å². The SMILES string of the molecule is CCC(C)(CC(C)C(=O)OCC1CO1)C(=O)OCC1CO1. The van der Waals surface area contributed by atoms with Gasteiger partial charge in [-0.3, -0.25) is 9.59 Å². The maximum Gasteiger partial charge on any atom is 0.311 e. The van der Waals surface area contributed by atoms with Crippen LogP contribution in [-0.2, 0) is 28.5 Å². The van der Waals surface area contributed by atoms with E-state index in [0.717, 1.165) is 0 Å². The molecule has 2 fully saturated rings. The first-order chi connectivity index (χ1) is 9.94. The van der Waals surface area contributed by atoms with Gasteiger partial charge in [-0.2, -0.15) is 0 Å². The van der Waals surface area contributed by atoms with Crippen LogP contribution in [0.2, 0.25) is 0 Å². The van der Waals surface area contributed by atoms with Gasteiger partial charge >= 0.3 is 11.9 Å². The second-order valence-electron chi connectivity index (χ2n) is 6.16. The molecule has 4 atom stereocenters. The van der Waals surface area contributed by atoms with Gasteiger partial charge in [0.15, 0.2) is 0 Å². The van der Waals surface area contributed by atoms with E-state index in [1.165, 1.54) is 0 Å². The number of epoxide rings is 2. The molecule has 0 aromatic heterocycles. The molecule has 6 heteroatoms. The Hall–Kier alpha value is -1.14. The Kier molecular flexibility index (Phi) is 5.22. The molecule has 0 amide bonds. The summed E-state index contributed by atoms with van der Waals surface area (Å²) in [5, 5.41) is 0. The predicted octanol–water partition coefficient (Wildman–Crippen LogP) is 1.31. The number of ether oxygens (including phenoxy) is 4. The molecule has 0 bridgehead atoms. The van der Waals surface area contributed by atoms with Crippen molar-refractivity contribution in [3.63, 3.8) is 0 Å². The minimum absolute atomic E-state index is 0.0518. The Morgan fingerprint density at radius 1 is 1.19 bits per heavy atom. The minimum atomic E-state index is -0.677. The van der Waals surface area contributed by atoms with Crippen LogP contribution in [0.25, 0.3) is 0 Å². The third kappa shape index (κ3) is 4.97. The summed E-state index contributed by atoms with van der Waals surface area (Å²) in [7, 11) is 0. The van der Waals surface area contributed by atoms with Crippen molar-refractivity contribution < 1.29 is 28.5 Å². The molecule has 0 N–H and O–H groups in total. The monoisotopic (exact) mass is 300 g/mol. The molecule has 21 heavy (non-hydrogen) atoms. The van der Waals surface area contributed by atoms with Crippen molar-refractivity contribution >= 4 is 11.9 Å². The standard InChI is InChI=1S/C15H24O6/c1-4-15(3,14(17)21-9-12-7-19-12)5-10(2)13(16)20-8-11-6-18-11/h10-12H,4-9H2,1-3H3. The van der Waals surface area contributed by atoms with Gasteiger partial charge in [0, 0.05) is 0 Å². The van der Waals surface area contributed by atoms with Crippen molar-refractivity contribution in [1.82, 2.24) is 0 Å². The van der Waals surface area contributed by atoms with Gasteiger partial charge in [-0.25, -0.2) is 0 Å². The Morgan fingerprint density at radius 2 is 1.71 bits per heavy atom. The molecular formula is C15H24O6. The lowest BCUT2D eigenvalue weighted by Gasteiger charge is -2.28. The zero-order valence-corrected chi connectivity index (χ0v) is 12.9. The smallest absolute Gasteiger partial charge is 0.311 e. The van der Waals surface area contributed by atoms with Crippen LogP contribution < -0.4 is 0 Å². The maximum absolute atomic E-state index is 12.2. The lowest BCUT2D eigenvalue weighted by atomic mass is 9.79. The lowest BCUT2D eigenvalue weighted by molar-refractivity contribution is -0.159. The van der Waals surface area contributed by atoms with Gasteiger partial charge in [-0.1, -0.05) is 13.8 Å². The molecule has 0 radical (unpaired) electrons. The predicted molar refractivity (Wildman–Crippen MR) is 73.6 cm³/mol. The average molecular weight is 300 g/mol. The molecule has 0 aromatic rings. The van der Waals surface area contributed by atoms with Gasteiger partial charge in [0.25, 0.3) is 0 Å². The highest BCUT2D eigenvalue weighted by Crippen LogP contribution is 2.32. The molecule has 2 saturated heterocycles. The third-order valence-corrected chi connectivity index (χ3v) is 4.05. The van der Waals surface area contributed by atoms with Crippen LogP contribution in [0.5, 0.6) is 0 Å². The molecule has 0 aliphatic carbocycles. The van der Waals surface area contributed by atoms with E-state index in [9.17, 15) is 9.59 Å².